The Labute approximate surface area is 167 Å². The average molecular weight is 380 g/mol. The molecule has 0 saturated carbocycles. The van der Waals surface area contributed by atoms with Gasteiger partial charge in [0.05, 0.1) is 19.3 Å². The molecule has 2 aromatic carbocycles. The van der Waals surface area contributed by atoms with Crippen LogP contribution >= 0.6 is 0 Å². The van der Waals surface area contributed by atoms with Crippen LogP contribution in [0.3, 0.4) is 0 Å². The third-order valence-corrected chi connectivity index (χ3v) is 4.34. The minimum Gasteiger partial charge on any atom is -0.491 e. The lowest BCUT2D eigenvalue weighted by Gasteiger charge is -2.09. The van der Waals surface area contributed by atoms with Crippen LogP contribution in [0.4, 0.5) is 0 Å². The summed E-state index contributed by atoms with van der Waals surface area (Å²) in [6, 6.07) is 16.1. The number of para-hydroxylation sites is 2. The van der Waals surface area contributed by atoms with Crippen molar-refractivity contribution in [1.29, 1.82) is 0 Å². The van der Waals surface area contributed by atoms with Gasteiger partial charge in [-0.25, -0.2) is 0 Å². The lowest BCUT2D eigenvalue weighted by molar-refractivity contribution is 0.260. The molecule has 4 rings (SSSR count). The molecule has 2 aliphatic heterocycles. The third kappa shape index (κ3) is 6.87. The molecule has 0 amide bonds. The highest BCUT2D eigenvalue weighted by atomic mass is 16.6. The summed E-state index contributed by atoms with van der Waals surface area (Å²) >= 11 is 0. The van der Waals surface area contributed by atoms with E-state index in [0.29, 0.717) is 25.4 Å². The van der Waals surface area contributed by atoms with Crippen LogP contribution in [0.1, 0.15) is 11.1 Å². The molecular weight excluding hydrogens is 352 g/mol. The molecule has 0 spiro atoms. The largest absolute Gasteiger partial charge is 0.491 e. The first-order valence-corrected chi connectivity index (χ1v) is 9.66. The van der Waals surface area contributed by atoms with Gasteiger partial charge in [-0.2, -0.15) is 0 Å². The van der Waals surface area contributed by atoms with Gasteiger partial charge in [0.2, 0.25) is 0 Å². The molecule has 2 heterocycles. The molecule has 2 fully saturated rings. The highest BCUT2D eigenvalue weighted by Crippen LogP contribution is 2.25. The molecule has 4 heteroatoms. The van der Waals surface area contributed by atoms with E-state index in [0.717, 1.165) is 37.6 Å². The molecule has 2 atom stereocenters. The minimum absolute atomic E-state index is 0.315. The summed E-state index contributed by atoms with van der Waals surface area (Å²) in [6.07, 6.45) is 6.14. The lowest BCUT2D eigenvalue weighted by atomic mass is 10.1. The van der Waals surface area contributed by atoms with Gasteiger partial charge in [-0.15, -0.1) is 6.58 Å². The maximum absolute atomic E-state index is 5.71. The zero-order valence-corrected chi connectivity index (χ0v) is 16.2. The van der Waals surface area contributed by atoms with Gasteiger partial charge in [-0.05, 0) is 29.7 Å². The Morgan fingerprint density at radius 1 is 0.821 bits per heavy atom. The van der Waals surface area contributed by atoms with Crippen LogP contribution in [0.15, 0.2) is 73.8 Å². The van der Waals surface area contributed by atoms with E-state index in [-0.39, 0.29) is 0 Å². The highest BCUT2D eigenvalue weighted by molar-refractivity contribution is 5.35. The number of hydrogen-bond donors (Lipinski definition) is 0. The van der Waals surface area contributed by atoms with Crippen LogP contribution in [0.25, 0.3) is 0 Å². The first kappa shape index (κ1) is 20.2. The Balaban J connectivity index is 0.000000163. The van der Waals surface area contributed by atoms with E-state index in [4.69, 9.17) is 18.9 Å². The Bertz CT molecular complexity index is 763. The molecule has 0 aromatic heterocycles. The van der Waals surface area contributed by atoms with E-state index in [1.54, 1.807) is 6.08 Å². The standard InChI is InChI=1S/C12H14O3.C12H14O/c1-2-4-12(15-8-11-7-14-11)9(3-1)5-10-6-13-10;1-3-7-11-8-5-6-9-12(11)13-10-4-2/h1-4,10-11H,5-8H2;3-6,8-9H,1-2,7,10H2. The second kappa shape index (κ2) is 10.7. The highest BCUT2D eigenvalue weighted by Gasteiger charge is 2.26. The van der Waals surface area contributed by atoms with Crippen molar-refractivity contribution >= 4 is 0 Å². The van der Waals surface area contributed by atoms with Crippen molar-refractivity contribution in [2.45, 2.75) is 25.0 Å². The molecule has 2 aromatic rings. The van der Waals surface area contributed by atoms with Gasteiger partial charge in [0.15, 0.2) is 0 Å². The summed E-state index contributed by atoms with van der Waals surface area (Å²) in [5.74, 6) is 1.89. The van der Waals surface area contributed by atoms with Crippen molar-refractivity contribution in [2.75, 3.05) is 26.4 Å². The Morgan fingerprint density at radius 2 is 1.43 bits per heavy atom. The second-order valence-corrected chi connectivity index (χ2v) is 6.73. The molecule has 0 aliphatic carbocycles. The van der Waals surface area contributed by atoms with Crippen LogP contribution in [0.2, 0.25) is 0 Å². The normalized spacial score (nSPS) is 19.0. The van der Waals surface area contributed by atoms with Crippen molar-refractivity contribution in [3.8, 4) is 11.5 Å². The van der Waals surface area contributed by atoms with Crippen LogP contribution in [0, 0.1) is 0 Å². The maximum atomic E-state index is 5.71. The molecule has 0 N–H and O–H groups in total. The summed E-state index contributed by atoms with van der Waals surface area (Å²) < 4.78 is 21.5. The molecule has 0 radical (unpaired) electrons. The van der Waals surface area contributed by atoms with Crippen LogP contribution in [0.5, 0.6) is 11.5 Å². The lowest BCUT2D eigenvalue weighted by Crippen LogP contribution is -2.06. The fraction of sp³-hybridized carbons (Fsp3) is 0.333. The van der Waals surface area contributed by atoms with E-state index in [1.165, 1.54) is 11.1 Å². The van der Waals surface area contributed by atoms with Gasteiger partial charge < -0.3 is 18.9 Å². The summed E-state index contributed by atoms with van der Waals surface area (Å²) in [7, 11) is 0. The number of epoxide rings is 2. The predicted molar refractivity (Wildman–Crippen MR) is 111 cm³/mol. The summed E-state index contributed by atoms with van der Waals surface area (Å²) in [5.41, 5.74) is 2.40. The van der Waals surface area contributed by atoms with Gasteiger partial charge in [0, 0.05) is 6.42 Å². The number of rotatable bonds is 10. The monoisotopic (exact) mass is 380 g/mol. The van der Waals surface area contributed by atoms with Crippen molar-refractivity contribution in [3.05, 3.63) is 85.0 Å². The predicted octanol–water partition coefficient (Wildman–Crippen LogP) is 4.39. The molecular formula is C24H28O4. The first-order valence-electron chi connectivity index (χ1n) is 9.66. The Morgan fingerprint density at radius 3 is 2.04 bits per heavy atom. The number of hydrogen-bond acceptors (Lipinski definition) is 4. The van der Waals surface area contributed by atoms with E-state index < -0.39 is 0 Å². The van der Waals surface area contributed by atoms with Gasteiger partial charge >= 0.3 is 0 Å². The molecule has 148 valence electrons. The third-order valence-electron chi connectivity index (χ3n) is 4.34. The quantitative estimate of drug-likeness (QED) is 0.453. The van der Waals surface area contributed by atoms with E-state index in [2.05, 4.69) is 19.2 Å². The molecule has 28 heavy (non-hydrogen) atoms. The van der Waals surface area contributed by atoms with Gasteiger partial charge in [-0.1, -0.05) is 55.1 Å². The average Bonchev–Trinajstić information content (AvgIpc) is 3.63. The zero-order chi connectivity index (χ0) is 19.6. The molecule has 0 bridgehead atoms. The van der Waals surface area contributed by atoms with E-state index >= 15 is 0 Å². The van der Waals surface area contributed by atoms with Crippen molar-refractivity contribution < 1.29 is 18.9 Å². The summed E-state index contributed by atoms with van der Waals surface area (Å²) in [4.78, 5) is 0. The Kier molecular flexibility index (Phi) is 7.71. The van der Waals surface area contributed by atoms with Crippen molar-refractivity contribution in [3.63, 3.8) is 0 Å². The van der Waals surface area contributed by atoms with Gasteiger partial charge in [-0.3, -0.25) is 0 Å². The molecule has 2 saturated heterocycles. The van der Waals surface area contributed by atoms with E-state index in [1.807, 2.05) is 48.5 Å². The molecule has 4 nitrogen and oxygen atoms in total. The SMILES string of the molecule is C=CCOc1ccccc1CC=C.c1ccc(OCC2CO2)c(CC2CO2)c1. The zero-order valence-electron chi connectivity index (χ0n) is 16.2. The summed E-state index contributed by atoms with van der Waals surface area (Å²) in [6.45, 7) is 10.3. The fourth-order valence-electron chi connectivity index (χ4n) is 2.71. The first-order chi connectivity index (χ1) is 13.8. The van der Waals surface area contributed by atoms with Crippen LogP contribution in [-0.4, -0.2) is 38.6 Å². The number of benzene rings is 2. The van der Waals surface area contributed by atoms with E-state index in [9.17, 15) is 0 Å². The fourth-order valence-corrected chi connectivity index (χ4v) is 2.71. The minimum atomic E-state index is 0.315. The number of ether oxygens (including phenoxy) is 4. The van der Waals surface area contributed by atoms with Crippen molar-refractivity contribution in [2.24, 2.45) is 0 Å². The topological polar surface area (TPSA) is 43.5 Å². The van der Waals surface area contributed by atoms with Crippen molar-refractivity contribution in [1.82, 2.24) is 0 Å². The van der Waals surface area contributed by atoms with Gasteiger partial charge in [0.25, 0.3) is 0 Å². The summed E-state index contributed by atoms with van der Waals surface area (Å²) in [5, 5.41) is 0. The second-order valence-electron chi connectivity index (χ2n) is 6.73. The van der Waals surface area contributed by atoms with Gasteiger partial charge in [0.1, 0.15) is 30.8 Å². The Hall–Kier alpha value is -2.56. The smallest absolute Gasteiger partial charge is 0.123 e. The molecule has 2 unspecified atom stereocenters. The van der Waals surface area contributed by atoms with Crippen LogP contribution < -0.4 is 9.47 Å². The van der Waals surface area contributed by atoms with Crippen LogP contribution in [-0.2, 0) is 22.3 Å². The number of allylic oxidation sites excluding steroid dienone is 1. The maximum Gasteiger partial charge on any atom is 0.123 e. The molecule has 2 aliphatic rings.